The van der Waals surface area contributed by atoms with Crippen LogP contribution in [0.2, 0.25) is 0 Å². The minimum atomic E-state index is 0.320. The fourth-order valence-corrected chi connectivity index (χ4v) is 6.64. The van der Waals surface area contributed by atoms with Gasteiger partial charge in [0.25, 0.3) is 0 Å². The molecule has 2 saturated heterocycles. The van der Waals surface area contributed by atoms with Crippen LogP contribution < -0.4 is 0 Å². The van der Waals surface area contributed by atoms with Crippen molar-refractivity contribution in [2.45, 2.75) is 81.5 Å². The lowest BCUT2D eigenvalue weighted by molar-refractivity contribution is 0.0933. The van der Waals surface area contributed by atoms with Gasteiger partial charge in [0.15, 0.2) is 5.16 Å². The van der Waals surface area contributed by atoms with E-state index in [0.29, 0.717) is 12.0 Å². The molecule has 0 aromatic carbocycles. The number of rotatable bonds is 9. The van der Waals surface area contributed by atoms with Gasteiger partial charge in [-0.1, -0.05) is 37.1 Å². The molecule has 3 aliphatic rings. The summed E-state index contributed by atoms with van der Waals surface area (Å²) in [6.07, 6.45) is 17.9. The smallest absolute Gasteiger partial charge is 0.191 e. The van der Waals surface area contributed by atoms with Crippen LogP contribution >= 0.6 is 11.8 Å². The van der Waals surface area contributed by atoms with Gasteiger partial charge in [0.2, 0.25) is 0 Å². The molecule has 1 aliphatic carbocycles. The van der Waals surface area contributed by atoms with Gasteiger partial charge in [-0.25, -0.2) is 0 Å². The number of furan rings is 1. The molecule has 7 heteroatoms. The van der Waals surface area contributed by atoms with Crippen LogP contribution in [0, 0.1) is 5.92 Å². The van der Waals surface area contributed by atoms with Crippen molar-refractivity contribution >= 4 is 17.8 Å². The average molecular weight is 471 g/mol. The predicted molar refractivity (Wildman–Crippen MR) is 132 cm³/mol. The summed E-state index contributed by atoms with van der Waals surface area (Å²) >= 11 is 1.94. The summed E-state index contributed by atoms with van der Waals surface area (Å²) in [7, 11) is 0. The summed E-state index contributed by atoms with van der Waals surface area (Å²) in [5.41, 5.74) is 0. The highest BCUT2D eigenvalue weighted by molar-refractivity contribution is 7.99. The van der Waals surface area contributed by atoms with E-state index in [0.717, 1.165) is 68.9 Å². The van der Waals surface area contributed by atoms with Crippen molar-refractivity contribution in [3.63, 3.8) is 0 Å². The van der Waals surface area contributed by atoms with Gasteiger partial charge in [-0.05, 0) is 75.7 Å². The lowest BCUT2D eigenvalue weighted by Gasteiger charge is -2.31. The second kappa shape index (κ2) is 11.7. The van der Waals surface area contributed by atoms with E-state index in [4.69, 9.17) is 19.4 Å². The topological polar surface area (TPSA) is 56.3 Å². The molecule has 0 bridgehead atoms. The number of ether oxygens (including phenoxy) is 1. The van der Waals surface area contributed by atoms with Crippen LogP contribution in [0.3, 0.4) is 0 Å². The lowest BCUT2D eigenvalue weighted by atomic mass is 9.91. The van der Waals surface area contributed by atoms with Gasteiger partial charge < -0.3 is 13.7 Å². The maximum Gasteiger partial charge on any atom is 0.191 e. The minimum Gasteiger partial charge on any atom is -0.465 e. The maximum atomic E-state index is 6.00. The highest BCUT2D eigenvalue weighted by Crippen LogP contribution is 2.33. The van der Waals surface area contributed by atoms with Crippen molar-refractivity contribution in [2.75, 3.05) is 32.0 Å². The van der Waals surface area contributed by atoms with Crippen LogP contribution in [-0.4, -0.2) is 57.8 Å². The van der Waals surface area contributed by atoms with E-state index < -0.39 is 0 Å². The van der Waals surface area contributed by atoms with Gasteiger partial charge in [-0.3, -0.25) is 4.90 Å². The number of thioether (sulfide) groups is 1. The molecule has 33 heavy (non-hydrogen) atoms. The molecule has 2 aromatic rings. The highest BCUT2D eigenvalue weighted by atomic mass is 32.2. The van der Waals surface area contributed by atoms with E-state index in [9.17, 15) is 0 Å². The van der Waals surface area contributed by atoms with Gasteiger partial charge in [0, 0.05) is 24.8 Å². The van der Waals surface area contributed by atoms with Crippen LogP contribution in [-0.2, 0) is 11.3 Å². The Kier molecular flexibility index (Phi) is 8.23. The number of hydrogen-bond acceptors (Lipinski definition) is 6. The molecular formula is C26H38N4O2S. The first kappa shape index (κ1) is 23.2. The first-order valence-electron chi connectivity index (χ1n) is 12.9. The van der Waals surface area contributed by atoms with Crippen molar-refractivity contribution in [3.8, 4) is 0 Å². The van der Waals surface area contributed by atoms with Gasteiger partial charge in [0.05, 0.1) is 18.9 Å². The molecule has 0 unspecified atom stereocenters. The summed E-state index contributed by atoms with van der Waals surface area (Å²) in [4.78, 5) is 2.52. The number of aromatic nitrogens is 3. The van der Waals surface area contributed by atoms with Crippen LogP contribution in [0.1, 0.15) is 75.3 Å². The second-order valence-corrected chi connectivity index (χ2v) is 10.9. The Morgan fingerprint density at radius 3 is 2.67 bits per heavy atom. The zero-order valence-corrected chi connectivity index (χ0v) is 20.6. The number of likely N-dealkylation sites (tertiary alicyclic amines) is 1. The zero-order valence-electron chi connectivity index (χ0n) is 19.7. The third-order valence-corrected chi connectivity index (χ3v) is 8.67. The Hall–Kier alpha value is -1.57. The first-order chi connectivity index (χ1) is 16.3. The summed E-state index contributed by atoms with van der Waals surface area (Å²) in [5.74, 6) is 4.64. The molecule has 0 amide bonds. The van der Waals surface area contributed by atoms with Crippen molar-refractivity contribution < 1.29 is 9.15 Å². The molecule has 0 radical (unpaired) electrons. The lowest BCUT2D eigenvalue weighted by Crippen LogP contribution is -2.34. The highest BCUT2D eigenvalue weighted by Gasteiger charge is 2.28. The molecular weight excluding hydrogens is 432 g/mol. The summed E-state index contributed by atoms with van der Waals surface area (Å²) in [6.45, 7) is 4.99. The molecule has 2 aromatic heterocycles. The predicted octanol–water partition coefficient (Wildman–Crippen LogP) is 5.62. The van der Waals surface area contributed by atoms with Crippen molar-refractivity contribution in [3.05, 3.63) is 36.1 Å². The first-order valence-corrected chi connectivity index (χ1v) is 13.9. The summed E-state index contributed by atoms with van der Waals surface area (Å²) in [6, 6.07) is 3.92. The van der Waals surface area contributed by atoms with E-state index in [1.54, 1.807) is 6.26 Å². The molecule has 3 fully saturated rings. The van der Waals surface area contributed by atoms with E-state index >= 15 is 0 Å². The van der Waals surface area contributed by atoms with E-state index in [1.165, 1.54) is 50.1 Å². The number of piperidine rings is 1. The molecule has 4 heterocycles. The van der Waals surface area contributed by atoms with Gasteiger partial charge in [-0.15, -0.1) is 10.2 Å². The van der Waals surface area contributed by atoms with Crippen LogP contribution in [0.4, 0.5) is 0 Å². The van der Waals surface area contributed by atoms with Crippen molar-refractivity contribution in [1.29, 1.82) is 0 Å². The second-order valence-electron chi connectivity index (χ2n) is 9.89. The average Bonchev–Trinajstić information content (AvgIpc) is 3.63. The molecule has 5 rings (SSSR count). The fourth-order valence-electron chi connectivity index (χ4n) is 5.50. The summed E-state index contributed by atoms with van der Waals surface area (Å²) < 4.78 is 13.8. The SMILES string of the molecule is C(=C\c1ccco1)/CN1CCC(c2nnc(SCC3CCCCC3)n2C[C@H]2CCCO2)CC1. The third-order valence-electron chi connectivity index (χ3n) is 7.47. The van der Waals surface area contributed by atoms with Crippen molar-refractivity contribution in [2.24, 2.45) is 5.92 Å². The van der Waals surface area contributed by atoms with Crippen LogP contribution in [0.5, 0.6) is 0 Å². The Bertz CT molecular complexity index is 861. The van der Waals surface area contributed by atoms with Gasteiger partial charge in [0.1, 0.15) is 11.6 Å². The standard InChI is InChI=1S/C26H38N4O2S/c1-2-7-21(8-3-1)20-33-26-28-27-25(30(26)19-24-11-6-18-32-24)22-12-15-29(16-13-22)14-4-9-23-10-5-17-31-23/h4-5,9-10,17,21-22,24H,1-3,6-8,11-16,18-20H2/b9-4+/t24-/m1/s1. The minimum absolute atomic E-state index is 0.320. The van der Waals surface area contributed by atoms with Gasteiger partial charge in [-0.2, -0.15) is 0 Å². The number of nitrogens with zero attached hydrogens (tertiary/aromatic N) is 4. The quantitative estimate of drug-likeness (QED) is 0.444. The largest absolute Gasteiger partial charge is 0.465 e. The molecule has 2 aliphatic heterocycles. The van der Waals surface area contributed by atoms with Gasteiger partial charge >= 0.3 is 0 Å². The molecule has 0 N–H and O–H groups in total. The molecule has 180 valence electrons. The van der Waals surface area contributed by atoms with Crippen molar-refractivity contribution in [1.82, 2.24) is 19.7 Å². The third kappa shape index (κ3) is 6.31. The molecule has 6 nitrogen and oxygen atoms in total. The Labute approximate surface area is 202 Å². The fraction of sp³-hybridized carbons (Fsp3) is 0.692. The Morgan fingerprint density at radius 2 is 1.91 bits per heavy atom. The normalized spacial score (nSPS) is 23.7. The maximum absolute atomic E-state index is 6.00. The molecule has 1 saturated carbocycles. The van der Waals surface area contributed by atoms with Crippen LogP contribution in [0.25, 0.3) is 6.08 Å². The zero-order chi connectivity index (χ0) is 22.3. The number of hydrogen-bond donors (Lipinski definition) is 0. The molecule has 0 spiro atoms. The van der Waals surface area contributed by atoms with E-state index in [1.807, 2.05) is 23.9 Å². The Balaban J connectivity index is 1.20. The Morgan fingerprint density at radius 1 is 1.03 bits per heavy atom. The summed E-state index contributed by atoms with van der Waals surface area (Å²) in [5, 5.41) is 10.6. The monoisotopic (exact) mass is 470 g/mol. The van der Waals surface area contributed by atoms with Crippen LogP contribution in [0.15, 0.2) is 34.0 Å². The molecule has 1 atom stereocenters. The van der Waals surface area contributed by atoms with E-state index in [-0.39, 0.29) is 0 Å². The van der Waals surface area contributed by atoms with E-state index in [2.05, 4.69) is 21.6 Å².